The van der Waals surface area contributed by atoms with Crippen molar-refractivity contribution in [1.29, 1.82) is 0 Å². The quantitative estimate of drug-likeness (QED) is 0.766. The van der Waals surface area contributed by atoms with E-state index in [0.717, 1.165) is 43.6 Å². The van der Waals surface area contributed by atoms with E-state index in [2.05, 4.69) is 21.2 Å². The van der Waals surface area contributed by atoms with Gasteiger partial charge in [-0.05, 0) is 0 Å². The second kappa shape index (κ2) is 4.78. The number of carbonyl (C=O) groups excluding carboxylic acids is 1. The largest absolute Gasteiger partial charge is 0.343 e. The van der Waals surface area contributed by atoms with Crippen molar-refractivity contribution in [1.82, 2.24) is 14.3 Å². The minimum absolute atomic E-state index is 0.158. The number of piperazine rings is 1. The predicted molar refractivity (Wildman–Crippen MR) is 63.8 cm³/mol. The van der Waals surface area contributed by atoms with Crippen molar-refractivity contribution in [2.75, 3.05) is 31.1 Å². The van der Waals surface area contributed by atoms with E-state index in [4.69, 9.17) is 0 Å². The molecule has 1 aliphatic heterocycles. The Balaban J connectivity index is 1.96. The fraction of sp³-hybridized carbons (Fsp3) is 0.700. The van der Waals surface area contributed by atoms with Crippen LogP contribution in [0.2, 0.25) is 0 Å². The van der Waals surface area contributed by atoms with Gasteiger partial charge in [-0.1, -0.05) is 6.92 Å². The summed E-state index contributed by atoms with van der Waals surface area (Å²) < 4.78 is 4.27. The SMILES string of the molecule is CCc1nsc(N2CCN(C(C)=O)CC2)n1. The molecule has 0 aromatic carbocycles. The average molecular weight is 240 g/mol. The van der Waals surface area contributed by atoms with E-state index in [1.165, 1.54) is 11.5 Å². The van der Waals surface area contributed by atoms with Gasteiger partial charge in [-0.3, -0.25) is 4.79 Å². The lowest BCUT2D eigenvalue weighted by Gasteiger charge is -2.33. The van der Waals surface area contributed by atoms with Gasteiger partial charge >= 0.3 is 0 Å². The van der Waals surface area contributed by atoms with Crippen molar-refractivity contribution in [2.45, 2.75) is 20.3 Å². The van der Waals surface area contributed by atoms with Gasteiger partial charge in [0.2, 0.25) is 11.0 Å². The Morgan fingerprint density at radius 2 is 2.06 bits per heavy atom. The topological polar surface area (TPSA) is 49.3 Å². The predicted octanol–water partition coefficient (Wildman–Crippen LogP) is 0.769. The Labute approximate surface area is 99.2 Å². The summed E-state index contributed by atoms with van der Waals surface area (Å²) >= 11 is 1.45. The maximum absolute atomic E-state index is 11.2. The molecule has 0 N–H and O–H groups in total. The molecule has 0 radical (unpaired) electrons. The van der Waals surface area contributed by atoms with Crippen LogP contribution in [0.1, 0.15) is 19.7 Å². The Morgan fingerprint density at radius 1 is 1.38 bits per heavy atom. The van der Waals surface area contributed by atoms with Crippen molar-refractivity contribution in [3.63, 3.8) is 0 Å². The number of aryl methyl sites for hydroxylation is 1. The lowest BCUT2D eigenvalue weighted by atomic mass is 10.3. The minimum atomic E-state index is 0.158. The van der Waals surface area contributed by atoms with Crippen molar-refractivity contribution in [3.8, 4) is 0 Å². The van der Waals surface area contributed by atoms with E-state index in [1.807, 2.05) is 4.90 Å². The molecule has 0 spiro atoms. The van der Waals surface area contributed by atoms with Crippen LogP contribution < -0.4 is 4.90 Å². The van der Waals surface area contributed by atoms with Gasteiger partial charge < -0.3 is 9.80 Å². The highest BCUT2D eigenvalue weighted by molar-refractivity contribution is 7.09. The molecule has 0 saturated carbocycles. The van der Waals surface area contributed by atoms with Crippen molar-refractivity contribution in [2.24, 2.45) is 0 Å². The summed E-state index contributed by atoms with van der Waals surface area (Å²) in [5.74, 6) is 1.07. The molecule has 16 heavy (non-hydrogen) atoms. The van der Waals surface area contributed by atoms with E-state index in [1.54, 1.807) is 6.92 Å². The van der Waals surface area contributed by atoms with Crippen LogP contribution >= 0.6 is 11.5 Å². The van der Waals surface area contributed by atoms with E-state index in [0.29, 0.717) is 0 Å². The van der Waals surface area contributed by atoms with Crippen molar-refractivity contribution < 1.29 is 4.79 Å². The lowest BCUT2D eigenvalue weighted by molar-refractivity contribution is -0.129. The Hall–Kier alpha value is -1.17. The summed E-state index contributed by atoms with van der Waals surface area (Å²) in [6, 6.07) is 0. The number of nitrogens with zero attached hydrogens (tertiary/aromatic N) is 4. The van der Waals surface area contributed by atoms with E-state index in [9.17, 15) is 4.79 Å². The summed E-state index contributed by atoms with van der Waals surface area (Å²) in [4.78, 5) is 19.7. The van der Waals surface area contributed by atoms with Crippen molar-refractivity contribution >= 4 is 22.6 Å². The molecule has 88 valence electrons. The van der Waals surface area contributed by atoms with Crippen LogP contribution in [-0.2, 0) is 11.2 Å². The molecular formula is C10H16N4OS. The molecule has 1 aliphatic rings. The van der Waals surface area contributed by atoms with Gasteiger partial charge in [0.15, 0.2) is 0 Å². The molecule has 0 unspecified atom stereocenters. The zero-order valence-corrected chi connectivity index (χ0v) is 10.5. The molecule has 6 heteroatoms. The third kappa shape index (κ3) is 2.32. The third-order valence-corrected chi connectivity index (χ3v) is 3.58. The van der Waals surface area contributed by atoms with Crippen LogP contribution in [-0.4, -0.2) is 46.3 Å². The molecule has 2 heterocycles. The number of hydrogen-bond acceptors (Lipinski definition) is 5. The number of carbonyl (C=O) groups is 1. The second-order valence-electron chi connectivity index (χ2n) is 3.84. The first-order chi connectivity index (χ1) is 7.70. The van der Waals surface area contributed by atoms with Gasteiger partial charge in [0, 0.05) is 51.1 Å². The lowest BCUT2D eigenvalue weighted by Crippen LogP contribution is -2.48. The summed E-state index contributed by atoms with van der Waals surface area (Å²) in [5, 5.41) is 0.986. The fourth-order valence-corrected chi connectivity index (χ4v) is 2.53. The first-order valence-electron chi connectivity index (χ1n) is 5.53. The molecule has 2 rings (SSSR count). The molecule has 1 amide bonds. The van der Waals surface area contributed by atoms with Gasteiger partial charge in [-0.15, -0.1) is 0 Å². The number of hydrogen-bond donors (Lipinski definition) is 0. The van der Waals surface area contributed by atoms with Crippen LogP contribution in [0.5, 0.6) is 0 Å². The zero-order chi connectivity index (χ0) is 11.5. The fourth-order valence-electron chi connectivity index (χ4n) is 1.73. The molecule has 1 fully saturated rings. The maximum Gasteiger partial charge on any atom is 0.219 e. The van der Waals surface area contributed by atoms with E-state index >= 15 is 0 Å². The van der Waals surface area contributed by atoms with Crippen LogP contribution in [0.3, 0.4) is 0 Å². The molecule has 0 bridgehead atoms. The zero-order valence-electron chi connectivity index (χ0n) is 9.64. The van der Waals surface area contributed by atoms with Gasteiger partial charge in [0.1, 0.15) is 5.82 Å². The van der Waals surface area contributed by atoms with Gasteiger partial charge in [-0.2, -0.15) is 4.37 Å². The summed E-state index contributed by atoms with van der Waals surface area (Å²) in [5.41, 5.74) is 0. The highest BCUT2D eigenvalue weighted by Gasteiger charge is 2.20. The highest BCUT2D eigenvalue weighted by atomic mass is 32.1. The van der Waals surface area contributed by atoms with Crippen LogP contribution in [0.25, 0.3) is 0 Å². The standard InChI is InChI=1S/C10H16N4OS/c1-3-9-11-10(16-12-9)14-6-4-13(5-7-14)8(2)15/h3-7H2,1-2H3. The molecule has 5 nitrogen and oxygen atoms in total. The van der Waals surface area contributed by atoms with Crippen LogP contribution in [0.15, 0.2) is 0 Å². The van der Waals surface area contributed by atoms with Crippen LogP contribution in [0, 0.1) is 0 Å². The number of anilines is 1. The first-order valence-corrected chi connectivity index (χ1v) is 6.31. The molecule has 0 aliphatic carbocycles. The maximum atomic E-state index is 11.2. The third-order valence-electron chi connectivity index (χ3n) is 2.77. The van der Waals surface area contributed by atoms with Gasteiger partial charge in [0.05, 0.1) is 0 Å². The average Bonchev–Trinajstić information content (AvgIpc) is 2.77. The van der Waals surface area contributed by atoms with E-state index in [-0.39, 0.29) is 5.91 Å². The number of rotatable bonds is 2. The number of aromatic nitrogens is 2. The smallest absolute Gasteiger partial charge is 0.219 e. The molecule has 0 atom stereocenters. The second-order valence-corrected chi connectivity index (χ2v) is 4.57. The molecule has 1 saturated heterocycles. The van der Waals surface area contributed by atoms with Crippen LogP contribution in [0.4, 0.5) is 5.13 Å². The van der Waals surface area contributed by atoms with Gasteiger partial charge in [0.25, 0.3) is 0 Å². The molecule has 1 aromatic rings. The summed E-state index contributed by atoms with van der Waals surface area (Å²) in [6.45, 7) is 6.97. The highest BCUT2D eigenvalue weighted by Crippen LogP contribution is 2.19. The minimum Gasteiger partial charge on any atom is -0.343 e. The Morgan fingerprint density at radius 3 is 2.56 bits per heavy atom. The number of amides is 1. The first kappa shape index (κ1) is 11.3. The molecule has 1 aromatic heterocycles. The normalized spacial score (nSPS) is 16.6. The Bertz CT molecular complexity index is 371. The van der Waals surface area contributed by atoms with Crippen molar-refractivity contribution in [3.05, 3.63) is 5.82 Å². The van der Waals surface area contributed by atoms with Gasteiger partial charge in [-0.25, -0.2) is 4.98 Å². The summed E-state index contributed by atoms with van der Waals surface area (Å²) in [6.07, 6.45) is 0.879. The Kier molecular flexibility index (Phi) is 3.38. The molecular weight excluding hydrogens is 224 g/mol. The summed E-state index contributed by atoms with van der Waals surface area (Å²) in [7, 11) is 0. The van der Waals surface area contributed by atoms with E-state index < -0.39 is 0 Å². The monoisotopic (exact) mass is 240 g/mol.